The number of aliphatic hydroxyl groups is 1. The second-order valence-electron chi connectivity index (χ2n) is 10.5. The molecule has 0 aliphatic carbocycles. The fourth-order valence-corrected chi connectivity index (χ4v) is 4.08. The summed E-state index contributed by atoms with van der Waals surface area (Å²) in [5, 5.41) is 15.6. The van der Waals surface area contributed by atoms with Gasteiger partial charge in [-0.15, -0.1) is 0 Å². The van der Waals surface area contributed by atoms with E-state index in [0.29, 0.717) is 12.1 Å². The Bertz CT molecular complexity index is 1020. The molecule has 0 bridgehead atoms. The van der Waals surface area contributed by atoms with Crippen LogP contribution in [-0.2, 0) is 20.7 Å². The van der Waals surface area contributed by atoms with Crippen molar-refractivity contribution in [1.29, 1.82) is 0 Å². The first-order chi connectivity index (χ1) is 18.1. The Morgan fingerprint density at radius 2 is 1.66 bits per heavy atom. The highest BCUT2D eigenvalue weighted by Crippen LogP contribution is 2.24. The highest BCUT2D eigenvalue weighted by atomic mass is 16.6. The monoisotopic (exact) mass is 525 g/mol. The summed E-state index contributed by atoms with van der Waals surface area (Å²) in [6.07, 6.45) is 2.29. The molecular weight excluding hydrogens is 482 g/mol. The van der Waals surface area contributed by atoms with Gasteiger partial charge in [-0.25, -0.2) is 4.79 Å². The summed E-state index contributed by atoms with van der Waals surface area (Å²) in [4.78, 5) is 41.6. The molecule has 0 aromatic heterocycles. The average molecular weight is 526 g/mol. The van der Waals surface area contributed by atoms with Gasteiger partial charge in [0.2, 0.25) is 11.8 Å². The Balaban J connectivity index is 2.44. The van der Waals surface area contributed by atoms with E-state index in [1.807, 2.05) is 61.5 Å². The van der Waals surface area contributed by atoms with Crippen molar-refractivity contribution in [3.63, 3.8) is 0 Å². The topological polar surface area (TPSA) is 108 Å². The average Bonchev–Trinajstić information content (AvgIpc) is 2.86. The number of nitrogens with zero attached hydrogens (tertiary/aromatic N) is 1. The molecule has 2 atom stereocenters. The van der Waals surface area contributed by atoms with Crippen molar-refractivity contribution in [2.45, 2.75) is 78.0 Å². The molecule has 0 saturated heterocycles. The lowest BCUT2D eigenvalue weighted by Gasteiger charge is -2.34. The first-order valence-corrected chi connectivity index (χ1v) is 13.3. The summed E-state index contributed by atoms with van der Waals surface area (Å²) >= 11 is 0. The number of aliphatic hydroxyl groups excluding tert-OH is 1. The fraction of sp³-hybridized carbons (Fsp3) is 0.500. The molecule has 2 aromatic rings. The number of rotatable bonds is 13. The number of aryl methyl sites for hydroxylation is 1. The first-order valence-electron chi connectivity index (χ1n) is 13.3. The maximum absolute atomic E-state index is 14.1. The molecule has 0 radical (unpaired) electrons. The lowest BCUT2D eigenvalue weighted by molar-refractivity contribution is -0.143. The smallest absolute Gasteiger partial charge is 0.408 e. The molecule has 208 valence electrons. The van der Waals surface area contributed by atoms with Crippen LogP contribution in [0.1, 0.15) is 69.7 Å². The minimum absolute atomic E-state index is 0.0823. The third-order valence-corrected chi connectivity index (χ3v) is 5.93. The SMILES string of the molecule is CCCCCNC(=O)C(c1ccc(C)cc1)N(CCO)C(=O)C(Cc1ccccc1)NC(=O)OC(C)(C)C. The Hall–Kier alpha value is -3.39. The van der Waals surface area contributed by atoms with Crippen molar-refractivity contribution in [1.82, 2.24) is 15.5 Å². The molecule has 0 spiro atoms. The summed E-state index contributed by atoms with van der Waals surface area (Å²) in [5.41, 5.74) is 1.73. The predicted octanol–water partition coefficient (Wildman–Crippen LogP) is 4.30. The second kappa shape index (κ2) is 15.1. The lowest BCUT2D eigenvalue weighted by atomic mass is 9.99. The molecule has 0 fully saturated rings. The van der Waals surface area contributed by atoms with Gasteiger partial charge in [-0.3, -0.25) is 9.59 Å². The zero-order chi connectivity index (χ0) is 28.1. The van der Waals surface area contributed by atoms with Crippen LogP contribution < -0.4 is 10.6 Å². The Morgan fingerprint density at radius 1 is 1.00 bits per heavy atom. The van der Waals surface area contributed by atoms with Crippen LogP contribution in [0.25, 0.3) is 0 Å². The standard InChI is InChI=1S/C30H43N3O5/c1-6-7-11-18-31-27(35)26(24-16-14-22(2)15-17-24)33(19-20-34)28(36)25(21-23-12-9-8-10-13-23)32-29(37)38-30(3,4)5/h8-10,12-17,25-26,34H,6-7,11,18-21H2,1-5H3,(H,31,35)(H,32,37). The highest BCUT2D eigenvalue weighted by Gasteiger charge is 2.36. The Morgan fingerprint density at radius 3 is 2.24 bits per heavy atom. The highest BCUT2D eigenvalue weighted by molar-refractivity contribution is 5.92. The van der Waals surface area contributed by atoms with Crippen LogP contribution in [0.3, 0.4) is 0 Å². The Kier molecular flexibility index (Phi) is 12.3. The van der Waals surface area contributed by atoms with Gasteiger partial charge in [-0.05, 0) is 45.2 Å². The number of benzene rings is 2. The third kappa shape index (κ3) is 10.2. The van der Waals surface area contributed by atoms with E-state index in [4.69, 9.17) is 4.74 Å². The second-order valence-corrected chi connectivity index (χ2v) is 10.5. The molecule has 8 heteroatoms. The summed E-state index contributed by atoms with van der Waals surface area (Å²) in [6, 6.07) is 14.7. The number of unbranched alkanes of at least 4 members (excludes halogenated alkanes) is 2. The van der Waals surface area contributed by atoms with Gasteiger partial charge in [0.05, 0.1) is 6.61 Å². The number of carbonyl (C=O) groups is 3. The van der Waals surface area contributed by atoms with Gasteiger partial charge in [0.15, 0.2) is 0 Å². The molecule has 0 aliphatic heterocycles. The van der Waals surface area contributed by atoms with Crippen molar-refractivity contribution in [3.8, 4) is 0 Å². The first kappa shape index (κ1) is 30.8. The summed E-state index contributed by atoms with van der Waals surface area (Å²) in [5.74, 6) is -0.814. The summed E-state index contributed by atoms with van der Waals surface area (Å²) in [6.45, 7) is 9.32. The zero-order valence-corrected chi connectivity index (χ0v) is 23.3. The number of hydrogen-bond donors (Lipinski definition) is 3. The van der Waals surface area contributed by atoms with Crippen molar-refractivity contribution in [2.75, 3.05) is 19.7 Å². The number of hydrogen-bond acceptors (Lipinski definition) is 5. The van der Waals surface area contributed by atoms with E-state index in [0.717, 1.165) is 30.4 Å². The molecule has 8 nitrogen and oxygen atoms in total. The molecule has 2 rings (SSSR count). The maximum atomic E-state index is 14.1. The molecule has 0 heterocycles. The number of alkyl carbamates (subject to hydrolysis) is 1. The van der Waals surface area contributed by atoms with E-state index >= 15 is 0 Å². The molecule has 38 heavy (non-hydrogen) atoms. The zero-order valence-electron chi connectivity index (χ0n) is 23.3. The van der Waals surface area contributed by atoms with Crippen molar-refractivity contribution in [2.24, 2.45) is 0 Å². The van der Waals surface area contributed by atoms with Gasteiger partial charge in [0, 0.05) is 19.5 Å². The van der Waals surface area contributed by atoms with Gasteiger partial charge in [0.25, 0.3) is 0 Å². The summed E-state index contributed by atoms with van der Waals surface area (Å²) in [7, 11) is 0. The van der Waals surface area contributed by atoms with Gasteiger partial charge in [0.1, 0.15) is 17.7 Å². The Labute approximate surface area is 226 Å². The molecule has 0 aliphatic rings. The van der Waals surface area contributed by atoms with Gasteiger partial charge >= 0.3 is 6.09 Å². The largest absolute Gasteiger partial charge is 0.444 e. The van der Waals surface area contributed by atoms with E-state index in [2.05, 4.69) is 17.6 Å². The normalized spacial score (nSPS) is 12.8. The lowest BCUT2D eigenvalue weighted by Crippen LogP contribution is -2.54. The molecule has 3 amide bonds. The molecule has 0 saturated carbocycles. The van der Waals surface area contributed by atoms with E-state index in [1.165, 1.54) is 4.90 Å². The predicted molar refractivity (Wildman–Crippen MR) is 149 cm³/mol. The van der Waals surface area contributed by atoms with Crippen molar-refractivity contribution >= 4 is 17.9 Å². The number of ether oxygens (including phenoxy) is 1. The number of nitrogens with one attached hydrogen (secondary N) is 2. The van der Waals surface area contributed by atoms with Crippen molar-refractivity contribution in [3.05, 3.63) is 71.3 Å². The van der Waals surface area contributed by atoms with Crippen molar-refractivity contribution < 1.29 is 24.2 Å². The van der Waals surface area contributed by atoms with Crippen LogP contribution in [-0.4, -0.2) is 59.3 Å². The van der Waals surface area contributed by atoms with E-state index in [9.17, 15) is 19.5 Å². The van der Waals surface area contributed by atoms with Crippen LogP contribution in [0.2, 0.25) is 0 Å². The van der Waals surface area contributed by atoms with Gasteiger partial charge in [-0.2, -0.15) is 0 Å². The summed E-state index contributed by atoms with van der Waals surface area (Å²) < 4.78 is 5.43. The molecular formula is C30H43N3O5. The van der Waals surface area contributed by atoms with Crippen LogP contribution in [0, 0.1) is 6.92 Å². The number of carbonyl (C=O) groups excluding carboxylic acids is 3. The van der Waals surface area contributed by atoms with E-state index in [1.54, 1.807) is 20.8 Å². The quantitative estimate of drug-likeness (QED) is 0.338. The van der Waals surface area contributed by atoms with Gasteiger partial charge in [-0.1, -0.05) is 79.9 Å². The molecule has 2 unspecified atom stereocenters. The number of amides is 3. The van der Waals surface area contributed by atoms with E-state index in [-0.39, 0.29) is 25.5 Å². The fourth-order valence-electron chi connectivity index (χ4n) is 4.08. The maximum Gasteiger partial charge on any atom is 0.408 e. The van der Waals surface area contributed by atoms with Gasteiger partial charge < -0.3 is 25.4 Å². The van der Waals surface area contributed by atoms with Crippen LogP contribution in [0.4, 0.5) is 4.79 Å². The third-order valence-electron chi connectivity index (χ3n) is 5.93. The van der Waals surface area contributed by atoms with Crippen LogP contribution in [0.15, 0.2) is 54.6 Å². The minimum atomic E-state index is -1.01. The van der Waals surface area contributed by atoms with Crippen LogP contribution >= 0.6 is 0 Å². The molecule has 3 N–H and O–H groups in total. The van der Waals surface area contributed by atoms with Crippen LogP contribution in [0.5, 0.6) is 0 Å². The minimum Gasteiger partial charge on any atom is -0.444 e. The van der Waals surface area contributed by atoms with E-state index < -0.39 is 29.7 Å². The molecule has 2 aromatic carbocycles.